The second-order valence-electron chi connectivity index (χ2n) is 4.44. The molecule has 1 fully saturated rings. The summed E-state index contributed by atoms with van der Waals surface area (Å²) in [5.41, 5.74) is 1.07. The predicted octanol–water partition coefficient (Wildman–Crippen LogP) is 1.83. The van der Waals surface area contributed by atoms with Crippen molar-refractivity contribution in [2.75, 3.05) is 5.32 Å². The maximum absolute atomic E-state index is 4.82. The highest BCUT2D eigenvalue weighted by Crippen LogP contribution is 2.31. The monoisotopic (exact) mass is 259 g/mol. The standard InChI is InChI=1S/C12H14BN3OS/c13-17-7-14-8-5-9(6-8)15-12-16-10-3-1-2-4-11(10)18-12/h1-4,7-9H,5-6,13H2,(H,15,16)/t8-,9-. The number of nitrogens with one attached hydrogen (secondary N) is 1. The van der Waals surface area contributed by atoms with Crippen LogP contribution in [0.15, 0.2) is 29.3 Å². The molecule has 0 saturated heterocycles. The normalized spacial score (nSPS) is 23.1. The second-order valence-corrected chi connectivity index (χ2v) is 5.47. The summed E-state index contributed by atoms with van der Waals surface area (Å²) in [7, 11) is 1.62. The lowest BCUT2D eigenvalue weighted by Gasteiger charge is -2.32. The third-order valence-electron chi connectivity index (χ3n) is 3.11. The third kappa shape index (κ3) is 2.33. The molecule has 1 aromatic carbocycles. The molecule has 0 bridgehead atoms. The molecule has 2 aromatic rings. The quantitative estimate of drug-likeness (QED) is 0.517. The predicted molar refractivity (Wildman–Crippen MR) is 78.2 cm³/mol. The van der Waals surface area contributed by atoms with Crippen LogP contribution in [-0.2, 0) is 4.65 Å². The molecular formula is C12H14BN3OS. The molecule has 1 aliphatic carbocycles. The fraction of sp³-hybridized carbons (Fsp3) is 0.333. The van der Waals surface area contributed by atoms with Gasteiger partial charge in [0.1, 0.15) is 0 Å². The van der Waals surface area contributed by atoms with Gasteiger partial charge in [0.25, 0.3) is 0 Å². The van der Waals surface area contributed by atoms with Gasteiger partial charge < -0.3 is 9.97 Å². The number of aromatic nitrogens is 1. The average Bonchev–Trinajstić information content (AvgIpc) is 2.74. The van der Waals surface area contributed by atoms with Crippen LogP contribution in [0.4, 0.5) is 5.13 Å². The Balaban J connectivity index is 1.59. The number of hydrogen-bond donors (Lipinski definition) is 1. The Bertz CT molecular complexity index is 532. The first-order valence-electron chi connectivity index (χ1n) is 6.01. The number of aliphatic imine (C=N–C) groups is 1. The Hall–Kier alpha value is -1.56. The van der Waals surface area contributed by atoms with Gasteiger partial charge in [-0.05, 0) is 25.0 Å². The van der Waals surface area contributed by atoms with E-state index in [-0.39, 0.29) is 0 Å². The smallest absolute Gasteiger partial charge is 0.323 e. The molecule has 1 saturated carbocycles. The SMILES string of the molecule is BOC=N[C@H]1C[C@H](Nc2nc3ccccc3s2)C1. The number of thiazole rings is 1. The summed E-state index contributed by atoms with van der Waals surface area (Å²) in [6.07, 6.45) is 3.63. The van der Waals surface area contributed by atoms with E-state index in [9.17, 15) is 0 Å². The Labute approximate surface area is 111 Å². The molecule has 1 heterocycles. The minimum Gasteiger partial charge on any atom is -0.560 e. The molecule has 1 aromatic heterocycles. The molecule has 1 N–H and O–H groups in total. The maximum atomic E-state index is 4.82. The van der Waals surface area contributed by atoms with Crippen molar-refractivity contribution in [1.82, 2.24) is 4.98 Å². The van der Waals surface area contributed by atoms with Crippen LogP contribution in [0.25, 0.3) is 10.2 Å². The number of rotatable bonds is 4. The fourth-order valence-corrected chi connectivity index (χ4v) is 3.03. The summed E-state index contributed by atoms with van der Waals surface area (Å²) < 4.78 is 6.05. The van der Waals surface area contributed by atoms with E-state index in [1.165, 1.54) is 11.1 Å². The molecule has 0 unspecified atom stereocenters. The number of hydrogen-bond acceptors (Lipinski definition) is 5. The molecular weight excluding hydrogens is 245 g/mol. The maximum Gasteiger partial charge on any atom is 0.323 e. The van der Waals surface area contributed by atoms with Crippen LogP contribution >= 0.6 is 11.3 Å². The van der Waals surface area contributed by atoms with Gasteiger partial charge in [-0.25, -0.2) is 4.98 Å². The van der Waals surface area contributed by atoms with E-state index >= 15 is 0 Å². The molecule has 0 radical (unpaired) electrons. The van der Waals surface area contributed by atoms with E-state index in [1.807, 2.05) is 18.2 Å². The van der Waals surface area contributed by atoms with Gasteiger partial charge in [-0.3, -0.25) is 4.99 Å². The first-order chi connectivity index (χ1) is 8.85. The zero-order chi connectivity index (χ0) is 12.4. The molecule has 0 amide bonds. The summed E-state index contributed by atoms with van der Waals surface area (Å²) >= 11 is 1.71. The van der Waals surface area contributed by atoms with Crippen LogP contribution in [0.1, 0.15) is 12.8 Å². The minimum atomic E-state index is 0.400. The van der Waals surface area contributed by atoms with Gasteiger partial charge in [0.2, 0.25) is 0 Å². The largest absolute Gasteiger partial charge is 0.560 e. The van der Waals surface area contributed by atoms with Crippen molar-refractivity contribution in [3.05, 3.63) is 24.3 Å². The lowest BCUT2D eigenvalue weighted by atomic mass is 9.87. The second kappa shape index (κ2) is 4.98. The first kappa shape index (κ1) is 11.5. The zero-order valence-corrected chi connectivity index (χ0v) is 11.0. The van der Waals surface area contributed by atoms with Crippen molar-refractivity contribution < 1.29 is 4.65 Å². The molecule has 0 atom stereocenters. The lowest BCUT2D eigenvalue weighted by molar-refractivity contribution is 0.372. The number of fused-ring (bicyclic) bond motifs is 1. The van der Waals surface area contributed by atoms with Crippen molar-refractivity contribution in [3.8, 4) is 0 Å². The summed E-state index contributed by atoms with van der Waals surface area (Å²) in [6.45, 7) is 0. The van der Waals surface area contributed by atoms with Gasteiger partial charge in [0.05, 0.1) is 16.3 Å². The van der Waals surface area contributed by atoms with E-state index in [0.717, 1.165) is 23.5 Å². The van der Waals surface area contributed by atoms with Crippen LogP contribution in [0, 0.1) is 0 Å². The summed E-state index contributed by atoms with van der Waals surface area (Å²) in [6, 6.07) is 9.10. The first-order valence-corrected chi connectivity index (χ1v) is 6.83. The highest BCUT2D eigenvalue weighted by atomic mass is 32.1. The summed E-state index contributed by atoms with van der Waals surface area (Å²) in [5.74, 6) is 0. The summed E-state index contributed by atoms with van der Waals surface area (Å²) in [5, 5.41) is 4.48. The molecule has 0 aliphatic heterocycles. The Morgan fingerprint density at radius 3 is 3.06 bits per heavy atom. The molecule has 0 spiro atoms. The molecule has 4 nitrogen and oxygen atoms in total. The minimum absolute atomic E-state index is 0.400. The number of anilines is 1. The van der Waals surface area contributed by atoms with Crippen molar-refractivity contribution >= 4 is 41.1 Å². The van der Waals surface area contributed by atoms with Crippen molar-refractivity contribution in [2.24, 2.45) is 4.99 Å². The van der Waals surface area contributed by atoms with Gasteiger partial charge >= 0.3 is 8.05 Å². The van der Waals surface area contributed by atoms with Gasteiger partial charge in [-0.1, -0.05) is 23.5 Å². The highest BCUT2D eigenvalue weighted by molar-refractivity contribution is 7.22. The van der Waals surface area contributed by atoms with Gasteiger partial charge in [-0.2, -0.15) is 0 Å². The van der Waals surface area contributed by atoms with Crippen molar-refractivity contribution in [2.45, 2.75) is 24.9 Å². The topological polar surface area (TPSA) is 46.5 Å². The molecule has 1 aliphatic rings. The zero-order valence-electron chi connectivity index (χ0n) is 10.2. The van der Waals surface area contributed by atoms with Crippen molar-refractivity contribution in [1.29, 1.82) is 0 Å². The molecule has 6 heteroatoms. The van der Waals surface area contributed by atoms with Crippen LogP contribution in [0.5, 0.6) is 0 Å². The number of nitrogens with zero attached hydrogens (tertiary/aromatic N) is 2. The Morgan fingerprint density at radius 1 is 1.44 bits per heavy atom. The van der Waals surface area contributed by atoms with Gasteiger partial charge in [0.15, 0.2) is 11.5 Å². The Morgan fingerprint density at radius 2 is 2.28 bits per heavy atom. The number of benzene rings is 1. The van der Waals surface area contributed by atoms with Gasteiger partial charge in [-0.15, -0.1) is 0 Å². The Kier molecular flexibility index (Phi) is 3.19. The van der Waals surface area contributed by atoms with E-state index in [2.05, 4.69) is 21.4 Å². The summed E-state index contributed by atoms with van der Waals surface area (Å²) in [4.78, 5) is 8.84. The fourth-order valence-electron chi connectivity index (χ4n) is 2.08. The highest BCUT2D eigenvalue weighted by Gasteiger charge is 2.29. The molecule has 92 valence electrons. The van der Waals surface area contributed by atoms with Crippen molar-refractivity contribution in [3.63, 3.8) is 0 Å². The average molecular weight is 259 g/mol. The third-order valence-corrected chi connectivity index (χ3v) is 4.08. The van der Waals surface area contributed by atoms with Crippen LogP contribution in [0.2, 0.25) is 0 Å². The molecule has 18 heavy (non-hydrogen) atoms. The van der Waals surface area contributed by atoms with E-state index < -0.39 is 0 Å². The van der Waals surface area contributed by atoms with E-state index in [4.69, 9.17) is 4.65 Å². The molecule has 3 rings (SSSR count). The van der Waals surface area contributed by atoms with Crippen LogP contribution < -0.4 is 5.32 Å². The van der Waals surface area contributed by atoms with E-state index in [1.54, 1.807) is 19.4 Å². The van der Waals surface area contributed by atoms with E-state index in [0.29, 0.717) is 12.1 Å². The lowest BCUT2D eigenvalue weighted by Crippen LogP contribution is -2.38. The van der Waals surface area contributed by atoms with Crippen LogP contribution in [-0.4, -0.2) is 31.5 Å². The number of para-hydroxylation sites is 1. The van der Waals surface area contributed by atoms with Crippen LogP contribution in [0.3, 0.4) is 0 Å². The van der Waals surface area contributed by atoms with Gasteiger partial charge in [0, 0.05) is 6.04 Å².